The van der Waals surface area contributed by atoms with Crippen molar-refractivity contribution in [2.45, 2.75) is 39.7 Å². The second-order valence-corrected chi connectivity index (χ2v) is 5.17. The molecule has 0 saturated carbocycles. The van der Waals surface area contributed by atoms with E-state index >= 15 is 0 Å². The smallest absolute Gasteiger partial charge is 0.225 e. The Hall–Kier alpha value is -1.84. The quantitative estimate of drug-likeness (QED) is 0.870. The number of para-hydroxylation sites is 1. The van der Waals surface area contributed by atoms with E-state index in [9.17, 15) is 0 Å². The number of nitrogens with zero attached hydrogens (tertiary/aromatic N) is 3. The highest BCUT2D eigenvalue weighted by atomic mass is 15.2. The maximum absolute atomic E-state index is 4.70. The number of hydrogen-bond acceptors (Lipinski definition) is 4. The summed E-state index contributed by atoms with van der Waals surface area (Å²) in [4.78, 5) is 11.5. The van der Waals surface area contributed by atoms with Gasteiger partial charge in [0.25, 0.3) is 0 Å². The lowest BCUT2D eigenvalue weighted by atomic mass is 10.1. The Balaban J connectivity index is 2.48. The summed E-state index contributed by atoms with van der Waals surface area (Å²) < 4.78 is 0. The van der Waals surface area contributed by atoms with Crippen molar-refractivity contribution in [2.75, 3.05) is 23.8 Å². The maximum Gasteiger partial charge on any atom is 0.225 e. The normalized spacial score (nSPS) is 12.4. The Morgan fingerprint density at radius 2 is 1.95 bits per heavy atom. The van der Waals surface area contributed by atoms with Gasteiger partial charge in [0.2, 0.25) is 5.95 Å². The van der Waals surface area contributed by atoms with Gasteiger partial charge in [-0.2, -0.15) is 4.98 Å². The molecule has 1 atom stereocenters. The van der Waals surface area contributed by atoms with Gasteiger partial charge in [0.15, 0.2) is 0 Å². The first-order valence-corrected chi connectivity index (χ1v) is 7.40. The standard InChI is InChI=1S/C16H24N4/c1-5-9-12(3)20(4)15-13-10-7-8-11-14(13)18-16(19-15)17-6-2/h7-8,10-12H,5-6,9H2,1-4H3,(H,17,18,19). The molecule has 0 aliphatic carbocycles. The molecule has 108 valence electrons. The fourth-order valence-corrected chi connectivity index (χ4v) is 2.39. The van der Waals surface area contributed by atoms with Crippen LogP contribution in [0.15, 0.2) is 24.3 Å². The largest absolute Gasteiger partial charge is 0.356 e. The Morgan fingerprint density at radius 1 is 1.20 bits per heavy atom. The minimum Gasteiger partial charge on any atom is -0.356 e. The average Bonchev–Trinajstić information content (AvgIpc) is 2.46. The third-order valence-corrected chi connectivity index (χ3v) is 3.62. The van der Waals surface area contributed by atoms with Crippen molar-refractivity contribution < 1.29 is 0 Å². The Kier molecular flexibility index (Phi) is 4.77. The number of nitrogens with one attached hydrogen (secondary N) is 1. The molecule has 0 aliphatic rings. The molecule has 2 aromatic rings. The third-order valence-electron chi connectivity index (χ3n) is 3.62. The van der Waals surface area contributed by atoms with Crippen molar-refractivity contribution in [3.05, 3.63) is 24.3 Å². The van der Waals surface area contributed by atoms with Crippen molar-refractivity contribution in [1.82, 2.24) is 9.97 Å². The fourth-order valence-electron chi connectivity index (χ4n) is 2.39. The van der Waals surface area contributed by atoms with Gasteiger partial charge in [0.05, 0.1) is 5.52 Å². The van der Waals surface area contributed by atoms with E-state index in [1.807, 2.05) is 18.2 Å². The van der Waals surface area contributed by atoms with Gasteiger partial charge in [-0.1, -0.05) is 25.5 Å². The molecule has 0 radical (unpaired) electrons. The van der Waals surface area contributed by atoms with E-state index in [1.54, 1.807) is 0 Å². The highest BCUT2D eigenvalue weighted by molar-refractivity contribution is 5.90. The van der Waals surface area contributed by atoms with Crippen LogP contribution >= 0.6 is 0 Å². The maximum atomic E-state index is 4.70. The first-order valence-electron chi connectivity index (χ1n) is 7.40. The zero-order valence-corrected chi connectivity index (χ0v) is 12.8. The van der Waals surface area contributed by atoms with Gasteiger partial charge in [-0.3, -0.25) is 0 Å². The molecule has 1 heterocycles. The summed E-state index contributed by atoms with van der Waals surface area (Å²) >= 11 is 0. The van der Waals surface area contributed by atoms with Crippen LogP contribution in [0.25, 0.3) is 10.9 Å². The van der Waals surface area contributed by atoms with E-state index in [1.165, 1.54) is 6.42 Å². The van der Waals surface area contributed by atoms with Crippen molar-refractivity contribution in [3.8, 4) is 0 Å². The summed E-state index contributed by atoms with van der Waals surface area (Å²) in [6.45, 7) is 7.34. The molecule has 1 N–H and O–H groups in total. The van der Waals surface area contributed by atoms with Gasteiger partial charge < -0.3 is 10.2 Å². The molecule has 4 heteroatoms. The SMILES string of the molecule is CCCC(C)N(C)c1nc(NCC)nc2ccccc12. The Bertz CT molecular complexity index is 567. The highest BCUT2D eigenvalue weighted by Gasteiger charge is 2.15. The summed E-state index contributed by atoms with van der Waals surface area (Å²) in [5.74, 6) is 1.71. The summed E-state index contributed by atoms with van der Waals surface area (Å²) in [5, 5.41) is 4.33. The van der Waals surface area contributed by atoms with E-state index in [0.29, 0.717) is 12.0 Å². The molecule has 0 bridgehead atoms. The number of fused-ring (bicyclic) bond motifs is 1. The van der Waals surface area contributed by atoms with Crippen molar-refractivity contribution >= 4 is 22.7 Å². The van der Waals surface area contributed by atoms with Crippen LogP contribution in [-0.4, -0.2) is 29.6 Å². The van der Waals surface area contributed by atoms with Crippen molar-refractivity contribution in [3.63, 3.8) is 0 Å². The molecule has 1 unspecified atom stereocenters. The molecular weight excluding hydrogens is 248 g/mol. The van der Waals surface area contributed by atoms with Gasteiger partial charge in [0, 0.05) is 25.0 Å². The predicted octanol–water partition coefficient (Wildman–Crippen LogP) is 3.69. The second-order valence-electron chi connectivity index (χ2n) is 5.17. The average molecular weight is 272 g/mol. The molecule has 0 aliphatic heterocycles. The summed E-state index contributed by atoms with van der Waals surface area (Å²) in [5.41, 5.74) is 0.990. The first kappa shape index (κ1) is 14.6. The molecule has 1 aromatic heterocycles. The van der Waals surface area contributed by atoms with Crippen molar-refractivity contribution in [1.29, 1.82) is 0 Å². The molecule has 0 saturated heterocycles. The monoisotopic (exact) mass is 272 g/mol. The molecule has 20 heavy (non-hydrogen) atoms. The van der Waals surface area contributed by atoms with Crippen LogP contribution in [0, 0.1) is 0 Å². The lowest BCUT2D eigenvalue weighted by molar-refractivity contribution is 0.612. The number of benzene rings is 1. The van der Waals surface area contributed by atoms with Gasteiger partial charge >= 0.3 is 0 Å². The third kappa shape index (κ3) is 3.00. The van der Waals surface area contributed by atoms with E-state index in [-0.39, 0.29) is 0 Å². The Morgan fingerprint density at radius 3 is 2.65 bits per heavy atom. The summed E-state index contributed by atoms with van der Waals surface area (Å²) in [7, 11) is 2.12. The van der Waals surface area contributed by atoms with Crippen LogP contribution in [0.2, 0.25) is 0 Å². The zero-order chi connectivity index (χ0) is 14.5. The lowest BCUT2D eigenvalue weighted by Gasteiger charge is -2.27. The first-order chi connectivity index (χ1) is 9.67. The summed E-state index contributed by atoms with van der Waals surface area (Å²) in [6.07, 6.45) is 2.33. The highest BCUT2D eigenvalue weighted by Crippen LogP contribution is 2.26. The summed E-state index contributed by atoms with van der Waals surface area (Å²) in [6, 6.07) is 8.66. The van der Waals surface area contributed by atoms with E-state index in [0.717, 1.165) is 29.7 Å². The van der Waals surface area contributed by atoms with Gasteiger partial charge in [-0.25, -0.2) is 4.98 Å². The minimum atomic E-state index is 0.466. The van der Waals surface area contributed by atoms with Crippen LogP contribution in [0.5, 0.6) is 0 Å². The molecule has 1 aromatic carbocycles. The van der Waals surface area contributed by atoms with Crippen LogP contribution in [0.4, 0.5) is 11.8 Å². The molecule has 2 rings (SSSR count). The van der Waals surface area contributed by atoms with Gasteiger partial charge in [-0.05, 0) is 32.4 Å². The minimum absolute atomic E-state index is 0.466. The van der Waals surface area contributed by atoms with Crippen molar-refractivity contribution in [2.24, 2.45) is 0 Å². The molecule has 4 nitrogen and oxygen atoms in total. The zero-order valence-electron chi connectivity index (χ0n) is 12.8. The van der Waals surface area contributed by atoms with E-state index in [2.05, 4.69) is 49.1 Å². The molecule has 0 fully saturated rings. The fraction of sp³-hybridized carbons (Fsp3) is 0.500. The topological polar surface area (TPSA) is 41.1 Å². The number of aromatic nitrogens is 2. The number of anilines is 2. The van der Waals surface area contributed by atoms with Crippen LogP contribution in [0.3, 0.4) is 0 Å². The predicted molar refractivity (Wildman–Crippen MR) is 86.5 cm³/mol. The lowest BCUT2D eigenvalue weighted by Crippen LogP contribution is -2.29. The van der Waals surface area contributed by atoms with Gasteiger partial charge in [0.1, 0.15) is 5.82 Å². The van der Waals surface area contributed by atoms with Crippen LogP contribution in [0.1, 0.15) is 33.6 Å². The number of rotatable bonds is 6. The van der Waals surface area contributed by atoms with Crippen LogP contribution < -0.4 is 10.2 Å². The van der Waals surface area contributed by atoms with Gasteiger partial charge in [-0.15, -0.1) is 0 Å². The molecular formula is C16H24N4. The Labute approximate surface area is 121 Å². The van der Waals surface area contributed by atoms with Crippen LogP contribution in [-0.2, 0) is 0 Å². The van der Waals surface area contributed by atoms with E-state index < -0.39 is 0 Å². The molecule has 0 spiro atoms. The number of hydrogen-bond donors (Lipinski definition) is 1. The van der Waals surface area contributed by atoms with E-state index in [4.69, 9.17) is 4.98 Å². The molecule has 0 amide bonds. The second kappa shape index (κ2) is 6.55.